The fraction of sp³-hybridized carbons (Fsp3) is 0.419. The number of likely N-dealkylation sites (tertiary alicyclic amines) is 1. The van der Waals surface area contributed by atoms with E-state index in [1.807, 2.05) is 16.8 Å². The zero-order chi connectivity index (χ0) is 32.5. The van der Waals surface area contributed by atoms with Gasteiger partial charge in [-0.1, -0.05) is 12.1 Å². The van der Waals surface area contributed by atoms with Crippen molar-refractivity contribution in [3.8, 4) is 17.0 Å². The second-order valence-corrected chi connectivity index (χ2v) is 13.9. The summed E-state index contributed by atoms with van der Waals surface area (Å²) in [4.78, 5) is 23.4. The molecule has 2 aliphatic rings. The lowest BCUT2D eigenvalue weighted by Crippen LogP contribution is -2.44. The van der Waals surface area contributed by atoms with Gasteiger partial charge in [0.15, 0.2) is 9.84 Å². The Morgan fingerprint density at radius 2 is 1.80 bits per heavy atom. The molecule has 1 aromatic heterocycles. The maximum Gasteiger partial charge on any atom is 0.417 e. The van der Waals surface area contributed by atoms with Crippen LogP contribution >= 0.6 is 0 Å². The minimum atomic E-state index is -4.84. The predicted molar refractivity (Wildman–Crippen MR) is 164 cm³/mol. The molecule has 1 N–H and O–H groups in total. The number of halogens is 4. The van der Waals surface area contributed by atoms with Gasteiger partial charge >= 0.3 is 6.18 Å². The first kappa shape index (κ1) is 32.6. The van der Waals surface area contributed by atoms with Crippen LogP contribution in [0.5, 0.6) is 5.88 Å². The van der Waals surface area contributed by atoms with E-state index in [9.17, 15) is 26.4 Å². The number of piperazine rings is 1. The van der Waals surface area contributed by atoms with E-state index in [2.05, 4.69) is 15.2 Å². The van der Waals surface area contributed by atoms with Gasteiger partial charge in [0.25, 0.3) is 5.91 Å². The summed E-state index contributed by atoms with van der Waals surface area (Å²) in [6.45, 7) is 4.12. The molecule has 5 rings (SSSR count). The second-order valence-electron chi connectivity index (χ2n) is 11.5. The third kappa shape index (κ3) is 7.56. The molecule has 3 heterocycles. The van der Waals surface area contributed by atoms with E-state index in [1.54, 1.807) is 30.3 Å². The highest BCUT2D eigenvalue weighted by Crippen LogP contribution is 2.37. The number of amides is 1. The number of sulfone groups is 1. The van der Waals surface area contributed by atoms with Gasteiger partial charge in [0.05, 0.1) is 34.9 Å². The predicted octanol–water partition coefficient (Wildman–Crippen LogP) is 4.54. The number of hydrogen-bond donors (Lipinski definition) is 1. The topological polar surface area (TPSA) is 95.1 Å². The summed E-state index contributed by atoms with van der Waals surface area (Å²) < 4.78 is 85.8. The Kier molecular flexibility index (Phi) is 9.38. The van der Waals surface area contributed by atoms with Crippen molar-refractivity contribution < 1.29 is 35.5 Å². The van der Waals surface area contributed by atoms with Crippen molar-refractivity contribution in [3.63, 3.8) is 0 Å². The molecular formula is C31H35F4N5O4S. The fourth-order valence-electron chi connectivity index (χ4n) is 5.72. The molecule has 242 valence electrons. The summed E-state index contributed by atoms with van der Waals surface area (Å²) in [5.74, 6) is -1.82. The zero-order valence-electron chi connectivity index (χ0n) is 25.2. The van der Waals surface area contributed by atoms with Gasteiger partial charge in [-0.3, -0.25) is 9.69 Å². The maximum atomic E-state index is 15.3. The number of aromatic nitrogens is 1. The Morgan fingerprint density at radius 3 is 2.44 bits per heavy atom. The number of hydrogen-bond acceptors (Lipinski definition) is 8. The summed E-state index contributed by atoms with van der Waals surface area (Å²) in [7, 11) is -0.000908. The monoisotopic (exact) mass is 649 g/mol. The van der Waals surface area contributed by atoms with Crippen LogP contribution in [0.25, 0.3) is 11.1 Å². The largest absolute Gasteiger partial charge is 0.481 e. The number of methoxy groups -OCH3 is 1. The minimum Gasteiger partial charge on any atom is -0.481 e. The number of ether oxygens (including phenoxy) is 1. The van der Waals surface area contributed by atoms with E-state index in [4.69, 9.17) is 4.74 Å². The lowest BCUT2D eigenvalue weighted by Gasteiger charge is -2.35. The summed E-state index contributed by atoms with van der Waals surface area (Å²) in [5.41, 5.74) is 0.387. The zero-order valence-corrected chi connectivity index (χ0v) is 26.0. The second kappa shape index (κ2) is 12.9. The first-order chi connectivity index (χ1) is 21.2. The van der Waals surface area contributed by atoms with Crippen LogP contribution in [0.3, 0.4) is 0 Å². The SMILES string of the molecule is COc1cc(C(F)(F)F)c(C(=O)Nc2cc(-c3cc(CN4CC[C@@H](S(C)(=O)=O)C4)ccc3F)ccc2N2CCN(C)CC2)cn1. The number of carbonyl (C=O) groups excluding carboxylic acids is 1. The van der Waals surface area contributed by atoms with Crippen molar-refractivity contribution in [2.24, 2.45) is 0 Å². The Morgan fingerprint density at radius 1 is 1.07 bits per heavy atom. The van der Waals surface area contributed by atoms with E-state index in [0.29, 0.717) is 56.5 Å². The third-order valence-corrected chi connectivity index (χ3v) is 9.91. The van der Waals surface area contributed by atoms with E-state index >= 15 is 4.39 Å². The summed E-state index contributed by atoms with van der Waals surface area (Å²) in [6.07, 6.45) is -2.25. The molecule has 0 bridgehead atoms. The van der Waals surface area contributed by atoms with Crippen molar-refractivity contribution in [2.75, 3.05) is 69.9 Å². The number of rotatable bonds is 8. The lowest BCUT2D eigenvalue weighted by molar-refractivity contribution is -0.138. The van der Waals surface area contributed by atoms with Crippen LogP contribution in [0, 0.1) is 5.82 Å². The van der Waals surface area contributed by atoms with Gasteiger partial charge in [0.1, 0.15) is 5.82 Å². The first-order valence-corrected chi connectivity index (χ1v) is 16.4. The van der Waals surface area contributed by atoms with Crippen LogP contribution in [-0.2, 0) is 22.6 Å². The molecule has 3 aromatic rings. The van der Waals surface area contributed by atoms with Crippen molar-refractivity contribution in [2.45, 2.75) is 24.4 Å². The number of alkyl halides is 3. The van der Waals surface area contributed by atoms with E-state index in [1.165, 1.54) is 19.4 Å². The number of carbonyl (C=O) groups is 1. The molecule has 0 radical (unpaired) electrons. The number of anilines is 2. The molecule has 0 saturated carbocycles. The van der Waals surface area contributed by atoms with Crippen LogP contribution in [-0.4, -0.2) is 94.0 Å². The highest BCUT2D eigenvalue weighted by Gasteiger charge is 2.37. The summed E-state index contributed by atoms with van der Waals surface area (Å²) in [6, 6.07) is 10.3. The smallest absolute Gasteiger partial charge is 0.417 e. The number of pyridine rings is 1. The number of benzene rings is 2. The van der Waals surface area contributed by atoms with E-state index in [0.717, 1.165) is 24.8 Å². The van der Waals surface area contributed by atoms with Crippen molar-refractivity contribution in [1.82, 2.24) is 14.8 Å². The maximum absolute atomic E-state index is 15.3. The Balaban J connectivity index is 1.48. The van der Waals surface area contributed by atoms with Crippen LogP contribution in [0.2, 0.25) is 0 Å². The van der Waals surface area contributed by atoms with Crippen LogP contribution in [0.15, 0.2) is 48.7 Å². The van der Waals surface area contributed by atoms with Crippen LogP contribution < -0.4 is 15.0 Å². The highest BCUT2D eigenvalue weighted by atomic mass is 32.2. The molecular weight excluding hydrogens is 614 g/mol. The molecule has 2 saturated heterocycles. The molecule has 1 amide bonds. The molecule has 0 spiro atoms. The third-order valence-electron chi connectivity index (χ3n) is 8.31. The lowest BCUT2D eigenvalue weighted by atomic mass is 10.00. The molecule has 45 heavy (non-hydrogen) atoms. The average molecular weight is 650 g/mol. The van der Waals surface area contributed by atoms with Gasteiger partial charge in [-0.25, -0.2) is 17.8 Å². The Hall–Kier alpha value is -3.75. The van der Waals surface area contributed by atoms with Crippen LogP contribution in [0.1, 0.15) is 27.9 Å². The summed E-state index contributed by atoms with van der Waals surface area (Å²) >= 11 is 0. The number of nitrogens with one attached hydrogen (secondary N) is 1. The molecule has 9 nitrogen and oxygen atoms in total. The van der Waals surface area contributed by atoms with Crippen molar-refractivity contribution in [1.29, 1.82) is 0 Å². The van der Waals surface area contributed by atoms with E-state index in [-0.39, 0.29) is 17.1 Å². The Bertz CT molecular complexity index is 1680. The molecule has 2 aromatic carbocycles. The molecule has 0 aliphatic carbocycles. The highest BCUT2D eigenvalue weighted by molar-refractivity contribution is 7.91. The molecule has 2 fully saturated rings. The number of nitrogens with zero attached hydrogens (tertiary/aromatic N) is 4. The molecule has 1 atom stereocenters. The van der Waals surface area contributed by atoms with Gasteiger partial charge in [-0.15, -0.1) is 0 Å². The average Bonchev–Trinajstić information content (AvgIpc) is 3.47. The molecule has 0 unspecified atom stereocenters. The Labute approximate surface area is 259 Å². The van der Waals surface area contributed by atoms with Gasteiger partial charge in [0.2, 0.25) is 5.88 Å². The first-order valence-electron chi connectivity index (χ1n) is 14.4. The summed E-state index contributed by atoms with van der Waals surface area (Å²) in [5, 5.41) is 2.20. The van der Waals surface area contributed by atoms with E-state index < -0.39 is 44.1 Å². The van der Waals surface area contributed by atoms with Gasteiger partial charge in [-0.2, -0.15) is 13.2 Å². The van der Waals surface area contributed by atoms with Gasteiger partial charge in [0, 0.05) is 63.4 Å². The quantitative estimate of drug-likeness (QED) is 0.356. The van der Waals surface area contributed by atoms with Gasteiger partial charge in [-0.05, 0) is 55.4 Å². The number of likely N-dealkylation sites (N-methyl/N-ethyl adjacent to an activating group) is 1. The van der Waals surface area contributed by atoms with Crippen molar-refractivity contribution >= 4 is 27.1 Å². The fourth-order valence-corrected chi connectivity index (χ4v) is 6.74. The standard InChI is InChI=1S/C31H35F4N5O4S/c1-38-10-12-40(13-11-38)28-7-5-21(15-27(28)37-30(41)24-17-36-29(44-2)16-25(24)31(33,34)35)23-14-20(4-6-26(23)32)18-39-9-8-22(19-39)45(3,42)43/h4-7,14-17,22H,8-13,18-19H2,1-3H3,(H,37,41)/t22-/m1/s1. The van der Waals surface area contributed by atoms with Crippen molar-refractivity contribution in [3.05, 3.63) is 71.2 Å². The molecule has 2 aliphatic heterocycles. The minimum absolute atomic E-state index is 0.228. The normalized spacial score (nSPS) is 18.3. The van der Waals surface area contributed by atoms with Gasteiger partial charge < -0.3 is 19.9 Å². The van der Waals surface area contributed by atoms with Crippen LogP contribution in [0.4, 0.5) is 28.9 Å². The molecule has 14 heteroatoms.